The Kier molecular flexibility index (Phi) is 7.90. The van der Waals surface area contributed by atoms with Crippen LogP contribution in [0.5, 0.6) is 0 Å². The summed E-state index contributed by atoms with van der Waals surface area (Å²) in [7, 11) is 5.87. The SMILES string of the molecule is CCN1CCN(c2cc(CNC(=NC)N(C)Cc3cn(C)nc3C(C)C)ccn2)CC1. The highest BCUT2D eigenvalue weighted by molar-refractivity contribution is 5.79. The van der Waals surface area contributed by atoms with Crippen LogP contribution < -0.4 is 10.2 Å². The number of pyridine rings is 1. The van der Waals surface area contributed by atoms with Gasteiger partial charge in [-0.2, -0.15) is 5.10 Å². The topological polar surface area (TPSA) is 64.8 Å². The molecular weight excluding hydrogens is 388 g/mol. The Morgan fingerprint density at radius 1 is 1.26 bits per heavy atom. The summed E-state index contributed by atoms with van der Waals surface area (Å²) in [6.45, 7) is 13.5. The summed E-state index contributed by atoms with van der Waals surface area (Å²) in [4.78, 5) is 16.1. The minimum Gasteiger partial charge on any atom is -0.354 e. The third kappa shape index (κ3) is 5.97. The van der Waals surface area contributed by atoms with Crippen molar-refractivity contribution in [3.63, 3.8) is 0 Å². The molecule has 3 heterocycles. The van der Waals surface area contributed by atoms with Gasteiger partial charge in [0.1, 0.15) is 5.82 Å². The van der Waals surface area contributed by atoms with Crippen LogP contribution >= 0.6 is 0 Å². The molecule has 0 radical (unpaired) electrons. The van der Waals surface area contributed by atoms with E-state index in [1.54, 1.807) is 0 Å². The normalized spacial score (nSPS) is 15.6. The van der Waals surface area contributed by atoms with E-state index >= 15 is 0 Å². The van der Waals surface area contributed by atoms with Crippen molar-refractivity contribution < 1.29 is 0 Å². The molecule has 1 aliphatic rings. The highest BCUT2D eigenvalue weighted by Gasteiger charge is 2.18. The minimum absolute atomic E-state index is 0.397. The van der Waals surface area contributed by atoms with Gasteiger partial charge in [-0.25, -0.2) is 4.98 Å². The number of rotatable bonds is 7. The summed E-state index contributed by atoms with van der Waals surface area (Å²) < 4.78 is 1.90. The molecule has 170 valence electrons. The van der Waals surface area contributed by atoms with Gasteiger partial charge in [0.2, 0.25) is 0 Å². The van der Waals surface area contributed by atoms with E-state index in [2.05, 4.69) is 81.2 Å². The summed E-state index contributed by atoms with van der Waals surface area (Å²) in [5, 5.41) is 8.12. The van der Waals surface area contributed by atoms with Gasteiger partial charge in [0.15, 0.2) is 5.96 Å². The Hall–Kier alpha value is -2.61. The number of piperazine rings is 1. The number of anilines is 1. The molecule has 0 bridgehead atoms. The first-order valence-electron chi connectivity index (χ1n) is 11.3. The quantitative estimate of drug-likeness (QED) is 0.541. The second-order valence-electron chi connectivity index (χ2n) is 8.57. The molecule has 1 saturated heterocycles. The number of likely N-dealkylation sites (N-methyl/N-ethyl adjacent to an activating group) is 1. The van der Waals surface area contributed by atoms with Crippen LogP contribution in [0.4, 0.5) is 5.82 Å². The van der Waals surface area contributed by atoms with Crippen molar-refractivity contribution in [2.45, 2.75) is 39.8 Å². The lowest BCUT2D eigenvalue weighted by molar-refractivity contribution is 0.270. The Labute approximate surface area is 187 Å². The van der Waals surface area contributed by atoms with Gasteiger partial charge in [0.05, 0.1) is 5.69 Å². The lowest BCUT2D eigenvalue weighted by Gasteiger charge is -2.34. The zero-order chi connectivity index (χ0) is 22.4. The van der Waals surface area contributed by atoms with Crippen LogP contribution in [0.3, 0.4) is 0 Å². The zero-order valence-corrected chi connectivity index (χ0v) is 20.0. The number of aliphatic imine (C=N–C) groups is 1. The van der Waals surface area contributed by atoms with Crippen LogP contribution in [0.2, 0.25) is 0 Å². The molecule has 0 spiro atoms. The van der Waals surface area contributed by atoms with Crippen LogP contribution in [0.1, 0.15) is 43.5 Å². The van der Waals surface area contributed by atoms with Gasteiger partial charge in [-0.05, 0) is 30.2 Å². The first-order chi connectivity index (χ1) is 14.9. The van der Waals surface area contributed by atoms with Crippen molar-refractivity contribution in [2.75, 3.05) is 51.7 Å². The van der Waals surface area contributed by atoms with Crippen LogP contribution in [0, 0.1) is 0 Å². The van der Waals surface area contributed by atoms with Crippen molar-refractivity contribution >= 4 is 11.8 Å². The van der Waals surface area contributed by atoms with Crippen LogP contribution in [0.25, 0.3) is 0 Å². The molecule has 8 heteroatoms. The molecular formula is C23H38N8. The van der Waals surface area contributed by atoms with Gasteiger partial charge in [0, 0.05) is 78.4 Å². The monoisotopic (exact) mass is 426 g/mol. The number of aryl methyl sites for hydroxylation is 1. The molecule has 0 saturated carbocycles. The van der Waals surface area contributed by atoms with E-state index in [9.17, 15) is 0 Å². The van der Waals surface area contributed by atoms with E-state index in [0.717, 1.165) is 56.7 Å². The van der Waals surface area contributed by atoms with Crippen molar-refractivity contribution in [3.05, 3.63) is 41.3 Å². The Morgan fingerprint density at radius 3 is 2.65 bits per heavy atom. The van der Waals surface area contributed by atoms with Crippen molar-refractivity contribution in [1.82, 2.24) is 29.9 Å². The molecule has 1 N–H and O–H groups in total. The Balaban J connectivity index is 1.59. The number of guanidine groups is 1. The fraction of sp³-hybridized carbons (Fsp3) is 0.609. The maximum absolute atomic E-state index is 4.62. The number of hydrogen-bond donors (Lipinski definition) is 1. The van der Waals surface area contributed by atoms with Gasteiger partial charge < -0.3 is 20.0 Å². The summed E-state index contributed by atoms with van der Waals surface area (Å²) in [6.07, 6.45) is 4.02. The highest BCUT2D eigenvalue weighted by Crippen LogP contribution is 2.19. The smallest absolute Gasteiger partial charge is 0.193 e. The summed E-state index contributed by atoms with van der Waals surface area (Å²) in [5.41, 5.74) is 3.59. The first-order valence-corrected chi connectivity index (χ1v) is 11.3. The van der Waals surface area contributed by atoms with Crippen LogP contribution in [-0.4, -0.2) is 77.3 Å². The van der Waals surface area contributed by atoms with E-state index in [1.165, 1.54) is 11.1 Å². The van der Waals surface area contributed by atoms with Crippen molar-refractivity contribution in [1.29, 1.82) is 0 Å². The molecule has 0 atom stereocenters. The second kappa shape index (κ2) is 10.6. The predicted octanol–water partition coefficient (Wildman–Crippen LogP) is 2.29. The number of nitrogens with zero attached hydrogens (tertiary/aromatic N) is 7. The van der Waals surface area contributed by atoms with Gasteiger partial charge in [-0.1, -0.05) is 20.8 Å². The van der Waals surface area contributed by atoms with Crippen LogP contribution in [0.15, 0.2) is 29.5 Å². The molecule has 0 unspecified atom stereocenters. The maximum atomic E-state index is 4.62. The molecule has 8 nitrogen and oxygen atoms in total. The van der Waals surface area contributed by atoms with E-state index in [-0.39, 0.29) is 0 Å². The Bertz CT molecular complexity index is 864. The molecule has 1 fully saturated rings. The van der Waals surface area contributed by atoms with Crippen molar-refractivity contribution in [2.24, 2.45) is 12.0 Å². The minimum atomic E-state index is 0.397. The molecule has 0 amide bonds. The highest BCUT2D eigenvalue weighted by atomic mass is 15.3. The molecule has 31 heavy (non-hydrogen) atoms. The average molecular weight is 427 g/mol. The van der Waals surface area contributed by atoms with Gasteiger partial charge in [-0.3, -0.25) is 9.67 Å². The van der Waals surface area contributed by atoms with Crippen LogP contribution in [-0.2, 0) is 20.1 Å². The lowest BCUT2D eigenvalue weighted by atomic mass is 10.1. The first kappa shape index (κ1) is 23.1. The number of aromatic nitrogens is 3. The van der Waals surface area contributed by atoms with E-state index < -0.39 is 0 Å². The lowest BCUT2D eigenvalue weighted by Crippen LogP contribution is -2.46. The fourth-order valence-electron chi connectivity index (χ4n) is 4.10. The summed E-state index contributed by atoms with van der Waals surface area (Å²) in [5.74, 6) is 2.33. The molecule has 3 rings (SSSR count). The number of nitrogens with one attached hydrogen (secondary N) is 1. The third-order valence-electron chi connectivity index (χ3n) is 5.87. The molecule has 0 aromatic carbocycles. The van der Waals surface area contributed by atoms with E-state index in [1.807, 2.05) is 25.0 Å². The molecule has 0 aliphatic carbocycles. The standard InChI is InChI=1S/C23H38N8/c1-7-30-10-12-31(13-11-30)21-14-19(8-9-25-21)15-26-23(24-4)28(5)16-20-17-29(6)27-22(20)18(2)3/h8-9,14,17-18H,7,10-13,15-16H2,1-6H3,(H,24,26). The zero-order valence-electron chi connectivity index (χ0n) is 20.0. The van der Waals surface area contributed by atoms with Crippen molar-refractivity contribution in [3.8, 4) is 0 Å². The summed E-state index contributed by atoms with van der Waals surface area (Å²) >= 11 is 0. The third-order valence-corrected chi connectivity index (χ3v) is 5.87. The van der Waals surface area contributed by atoms with Gasteiger partial charge in [-0.15, -0.1) is 0 Å². The van der Waals surface area contributed by atoms with Gasteiger partial charge >= 0.3 is 0 Å². The van der Waals surface area contributed by atoms with E-state index in [4.69, 9.17) is 0 Å². The van der Waals surface area contributed by atoms with Gasteiger partial charge in [0.25, 0.3) is 0 Å². The Morgan fingerprint density at radius 2 is 2.00 bits per heavy atom. The van der Waals surface area contributed by atoms with E-state index in [0.29, 0.717) is 12.5 Å². The largest absolute Gasteiger partial charge is 0.354 e. The summed E-state index contributed by atoms with van der Waals surface area (Å²) in [6, 6.07) is 4.27. The average Bonchev–Trinajstić information content (AvgIpc) is 3.14. The second-order valence-corrected chi connectivity index (χ2v) is 8.57. The predicted molar refractivity (Wildman–Crippen MR) is 128 cm³/mol. The number of hydrogen-bond acceptors (Lipinski definition) is 5. The fourth-order valence-corrected chi connectivity index (χ4v) is 4.10. The maximum Gasteiger partial charge on any atom is 0.193 e. The molecule has 1 aliphatic heterocycles. The molecule has 2 aromatic heterocycles. The molecule has 2 aromatic rings.